The summed E-state index contributed by atoms with van der Waals surface area (Å²) in [6.45, 7) is 0. The Bertz CT molecular complexity index is 527. The molecule has 1 aromatic heterocycles. The Balaban J connectivity index is 1.84. The molecule has 0 radical (unpaired) electrons. The molecule has 3 heteroatoms. The molecule has 1 aromatic carbocycles. The molecule has 1 aliphatic rings. The van der Waals surface area contributed by atoms with Gasteiger partial charge in [0.1, 0.15) is 5.75 Å². The molecule has 0 bridgehead atoms. The van der Waals surface area contributed by atoms with Crippen molar-refractivity contribution in [1.82, 2.24) is 0 Å². The highest BCUT2D eigenvalue weighted by molar-refractivity contribution is 7.08. The van der Waals surface area contributed by atoms with E-state index in [1.54, 1.807) is 0 Å². The minimum absolute atomic E-state index is 0.0625. The molecule has 0 saturated heterocycles. The molecule has 17 heavy (non-hydrogen) atoms. The summed E-state index contributed by atoms with van der Waals surface area (Å²) in [5, 5.41) is 3.79. The van der Waals surface area contributed by atoms with Crippen molar-refractivity contribution in [2.45, 2.75) is 18.9 Å². The molecule has 2 aromatic rings. The van der Waals surface area contributed by atoms with Crippen molar-refractivity contribution in [1.29, 1.82) is 0 Å². The number of carbonyl (C=O) groups is 1. The van der Waals surface area contributed by atoms with E-state index in [9.17, 15) is 4.79 Å². The van der Waals surface area contributed by atoms with E-state index in [0.717, 1.165) is 24.2 Å². The van der Waals surface area contributed by atoms with Gasteiger partial charge >= 0.3 is 0 Å². The van der Waals surface area contributed by atoms with Crippen LogP contribution >= 0.6 is 11.3 Å². The van der Waals surface area contributed by atoms with Gasteiger partial charge in [0, 0.05) is 16.5 Å². The molecule has 0 N–H and O–H groups in total. The smallest absolute Gasteiger partial charge is 0.193 e. The molecule has 3 rings (SSSR count). The quantitative estimate of drug-likeness (QED) is 0.769. The van der Waals surface area contributed by atoms with Crippen LogP contribution in [0.5, 0.6) is 5.75 Å². The van der Waals surface area contributed by atoms with Gasteiger partial charge in [0.2, 0.25) is 0 Å². The van der Waals surface area contributed by atoms with Crippen LogP contribution in [0, 0.1) is 0 Å². The fourth-order valence-electron chi connectivity index (χ4n) is 1.65. The topological polar surface area (TPSA) is 26.3 Å². The number of carbonyl (C=O) groups excluding carboxylic acids is 1. The van der Waals surface area contributed by atoms with E-state index in [2.05, 4.69) is 0 Å². The van der Waals surface area contributed by atoms with E-state index in [-0.39, 0.29) is 5.78 Å². The van der Waals surface area contributed by atoms with Gasteiger partial charge in [0.25, 0.3) is 0 Å². The van der Waals surface area contributed by atoms with Crippen LogP contribution in [0.15, 0.2) is 41.1 Å². The van der Waals surface area contributed by atoms with Gasteiger partial charge in [-0.2, -0.15) is 11.3 Å². The first kappa shape index (κ1) is 10.5. The molecule has 0 spiro atoms. The van der Waals surface area contributed by atoms with Crippen molar-refractivity contribution >= 4 is 17.1 Å². The second-order valence-corrected chi connectivity index (χ2v) is 4.97. The summed E-state index contributed by atoms with van der Waals surface area (Å²) >= 11 is 1.54. The second-order valence-electron chi connectivity index (χ2n) is 4.19. The van der Waals surface area contributed by atoms with Crippen LogP contribution in [0.4, 0.5) is 0 Å². The summed E-state index contributed by atoms with van der Waals surface area (Å²) in [4.78, 5) is 12.1. The van der Waals surface area contributed by atoms with E-state index in [1.165, 1.54) is 11.3 Å². The summed E-state index contributed by atoms with van der Waals surface area (Å²) in [6.07, 6.45) is 2.62. The average molecular weight is 244 g/mol. The molecule has 2 nitrogen and oxygen atoms in total. The Morgan fingerprint density at radius 2 is 2.12 bits per heavy atom. The summed E-state index contributed by atoms with van der Waals surface area (Å²) in [5.74, 6) is 0.862. The van der Waals surface area contributed by atoms with Gasteiger partial charge in [-0.25, -0.2) is 0 Å². The van der Waals surface area contributed by atoms with E-state index >= 15 is 0 Å². The molecule has 1 aliphatic carbocycles. The number of rotatable bonds is 4. The number of hydrogen-bond acceptors (Lipinski definition) is 3. The van der Waals surface area contributed by atoms with Crippen LogP contribution in [0.1, 0.15) is 28.8 Å². The molecule has 1 fully saturated rings. The molecule has 0 unspecified atom stereocenters. The lowest BCUT2D eigenvalue weighted by atomic mass is 10.1. The van der Waals surface area contributed by atoms with Crippen molar-refractivity contribution in [3.63, 3.8) is 0 Å². The fourth-order valence-corrected chi connectivity index (χ4v) is 2.29. The van der Waals surface area contributed by atoms with Crippen molar-refractivity contribution in [2.75, 3.05) is 0 Å². The number of hydrogen-bond donors (Lipinski definition) is 0. The number of benzene rings is 1. The first-order chi connectivity index (χ1) is 8.33. The van der Waals surface area contributed by atoms with Crippen LogP contribution in [0.3, 0.4) is 0 Å². The zero-order chi connectivity index (χ0) is 11.7. The van der Waals surface area contributed by atoms with Crippen LogP contribution in [-0.2, 0) is 0 Å². The summed E-state index contributed by atoms with van der Waals surface area (Å²) in [7, 11) is 0. The third-order valence-corrected chi connectivity index (χ3v) is 3.39. The zero-order valence-electron chi connectivity index (χ0n) is 9.26. The Labute approximate surface area is 104 Å². The highest BCUT2D eigenvalue weighted by Gasteiger charge is 2.23. The van der Waals surface area contributed by atoms with Crippen LogP contribution in [0.2, 0.25) is 0 Å². The maximum atomic E-state index is 12.1. The average Bonchev–Trinajstić information content (AvgIpc) is 2.99. The predicted octanol–water partition coefficient (Wildman–Crippen LogP) is 3.52. The lowest BCUT2D eigenvalue weighted by molar-refractivity contribution is 0.103. The highest BCUT2D eigenvalue weighted by Crippen LogP contribution is 2.27. The number of ketones is 1. The normalized spacial score (nSPS) is 14.6. The molecule has 0 aliphatic heterocycles. The Kier molecular flexibility index (Phi) is 2.69. The monoisotopic (exact) mass is 244 g/mol. The van der Waals surface area contributed by atoms with Gasteiger partial charge in [-0.05, 0) is 36.4 Å². The van der Waals surface area contributed by atoms with Gasteiger partial charge in [-0.15, -0.1) is 0 Å². The number of thiophene rings is 1. The molecule has 0 amide bonds. The fraction of sp³-hybridized carbons (Fsp3) is 0.214. The van der Waals surface area contributed by atoms with Crippen LogP contribution in [0.25, 0.3) is 0 Å². The van der Waals surface area contributed by atoms with E-state index in [1.807, 2.05) is 41.1 Å². The maximum Gasteiger partial charge on any atom is 0.193 e. The Morgan fingerprint density at radius 1 is 1.24 bits per heavy atom. The minimum Gasteiger partial charge on any atom is -0.490 e. The van der Waals surface area contributed by atoms with Crippen molar-refractivity contribution in [3.8, 4) is 5.75 Å². The van der Waals surface area contributed by atoms with Gasteiger partial charge in [0.15, 0.2) is 5.78 Å². The van der Waals surface area contributed by atoms with Crippen LogP contribution < -0.4 is 4.74 Å². The van der Waals surface area contributed by atoms with E-state index < -0.39 is 0 Å². The van der Waals surface area contributed by atoms with Crippen molar-refractivity contribution in [3.05, 3.63) is 52.2 Å². The summed E-state index contributed by atoms with van der Waals surface area (Å²) in [5.41, 5.74) is 1.44. The maximum absolute atomic E-state index is 12.1. The summed E-state index contributed by atoms with van der Waals surface area (Å²) in [6, 6.07) is 9.29. The van der Waals surface area contributed by atoms with E-state index in [4.69, 9.17) is 4.74 Å². The molecular formula is C14H12O2S. The molecule has 0 atom stereocenters. The third-order valence-electron chi connectivity index (χ3n) is 2.71. The summed E-state index contributed by atoms with van der Waals surface area (Å²) < 4.78 is 5.68. The Hall–Kier alpha value is -1.61. The predicted molar refractivity (Wildman–Crippen MR) is 67.8 cm³/mol. The third kappa shape index (κ3) is 2.39. The standard InChI is InChI=1S/C14H12O2S/c15-14(11-6-7-17-9-11)10-2-1-3-13(8-10)16-12-4-5-12/h1-3,6-9,12H,4-5H2. The number of ether oxygens (including phenoxy) is 1. The van der Waals surface area contributed by atoms with E-state index in [0.29, 0.717) is 11.7 Å². The highest BCUT2D eigenvalue weighted by atomic mass is 32.1. The SMILES string of the molecule is O=C(c1ccsc1)c1cccc(OC2CC2)c1. The zero-order valence-corrected chi connectivity index (χ0v) is 10.1. The van der Waals surface area contributed by atoms with Crippen molar-refractivity contribution < 1.29 is 9.53 Å². The van der Waals surface area contributed by atoms with Gasteiger partial charge in [-0.1, -0.05) is 12.1 Å². The minimum atomic E-state index is 0.0625. The lowest BCUT2D eigenvalue weighted by Gasteiger charge is -2.05. The van der Waals surface area contributed by atoms with Crippen molar-refractivity contribution in [2.24, 2.45) is 0 Å². The lowest BCUT2D eigenvalue weighted by Crippen LogP contribution is -2.01. The first-order valence-electron chi connectivity index (χ1n) is 5.66. The molecule has 1 saturated carbocycles. The molecule has 86 valence electrons. The van der Waals surface area contributed by atoms with Crippen LogP contribution in [-0.4, -0.2) is 11.9 Å². The van der Waals surface area contributed by atoms with Gasteiger partial charge in [-0.3, -0.25) is 4.79 Å². The molecule has 1 heterocycles. The van der Waals surface area contributed by atoms with Gasteiger partial charge in [0.05, 0.1) is 6.10 Å². The second kappa shape index (κ2) is 4.34. The molecular weight excluding hydrogens is 232 g/mol. The van der Waals surface area contributed by atoms with Gasteiger partial charge < -0.3 is 4.74 Å². The first-order valence-corrected chi connectivity index (χ1v) is 6.61. The largest absolute Gasteiger partial charge is 0.490 e. The Morgan fingerprint density at radius 3 is 2.82 bits per heavy atom.